The summed E-state index contributed by atoms with van der Waals surface area (Å²) in [7, 11) is 0. The molecule has 0 unspecified atom stereocenters. The molecule has 1 saturated heterocycles. The molecule has 2 aromatic rings. The van der Waals surface area contributed by atoms with E-state index >= 15 is 0 Å². The molecule has 0 saturated carbocycles. The summed E-state index contributed by atoms with van der Waals surface area (Å²) in [6.07, 6.45) is 0.745. The maximum Gasteiger partial charge on any atom is 0.224 e. The number of nitrogens with one attached hydrogen (secondary N) is 1. The van der Waals surface area contributed by atoms with E-state index in [9.17, 15) is 4.79 Å². The minimum atomic E-state index is -0.00712. The fourth-order valence-corrected chi connectivity index (χ4v) is 4.35. The van der Waals surface area contributed by atoms with Crippen LogP contribution in [0.15, 0.2) is 18.2 Å². The Kier molecular flexibility index (Phi) is 7.22. The van der Waals surface area contributed by atoms with Crippen molar-refractivity contribution in [1.82, 2.24) is 20.0 Å². The Morgan fingerprint density at radius 3 is 2.59 bits per heavy atom. The second-order valence-corrected chi connectivity index (χ2v) is 8.54. The summed E-state index contributed by atoms with van der Waals surface area (Å²) < 4.78 is 7.52. The van der Waals surface area contributed by atoms with Crippen LogP contribution >= 0.6 is 23.2 Å². The van der Waals surface area contributed by atoms with Gasteiger partial charge in [0.25, 0.3) is 0 Å². The lowest BCUT2D eigenvalue weighted by Gasteiger charge is -2.35. The van der Waals surface area contributed by atoms with Crippen LogP contribution in [-0.4, -0.2) is 59.0 Å². The number of carbonyl (C=O) groups excluding carboxylic acids is 1. The molecule has 0 bridgehead atoms. The van der Waals surface area contributed by atoms with Crippen molar-refractivity contribution in [3.63, 3.8) is 0 Å². The summed E-state index contributed by atoms with van der Waals surface area (Å²) in [5.41, 5.74) is 3.39. The summed E-state index contributed by atoms with van der Waals surface area (Å²) in [6, 6.07) is 5.30. The Balaban J connectivity index is 1.60. The number of hydrogen-bond donors (Lipinski definition) is 1. The number of ether oxygens (including phenoxy) is 1. The zero-order valence-corrected chi connectivity index (χ0v) is 18.8. The van der Waals surface area contributed by atoms with Gasteiger partial charge in [-0.3, -0.25) is 9.69 Å². The highest BCUT2D eigenvalue weighted by atomic mass is 35.5. The second-order valence-electron chi connectivity index (χ2n) is 7.70. The summed E-state index contributed by atoms with van der Waals surface area (Å²) in [5.74, 6) is -0.00712. The van der Waals surface area contributed by atoms with Gasteiger partial charge >= 0.3 is 0 Å². The lowest BCUT2D eigenvalue weighted by molar-refractivity contribution is -0.120. The minimum Gasteiger partial charge on any atom is -0.373 e. The number of amides is 1. The van der Waals surface area contributed by atoms with Crippen molar-refractivity contribution in [2.45, 2.75) is 46.3 Å². The molecular formula is C21H28Cl2N4O2. The number of halogens is 2. The standard InChI is InChI=1S/C21H28Cl2N4O2/c1-13-11-26(12-14(2)29-13)8-7-24-21(28)10-18-15(3)25-27(16(18)4)20-6-5-17(22)9-19(20)23/h5-6,9,13-14H,7-8,10-12H2,1-4H3,(H,24,28)/t13-,14+. The zero-order chi connectivity index (χ0) is 21.1. The molecule has 158 valence electrons. The molecule has 0 radical (unpaired) electrons. The smallest absolute Gasteiger partial charge is 0.224 e. The largest absolute Gasteiger partial charge is 0.373 e. The number of carbonyl (C=O) groups is 1. The Labute approximate surface area is 182 Å². The number of benzene rings is 1. The summed E-state index contributed by atoms with van der Waals surface area (Å²) in [4.78, 5) is 14.8. The first-order valence-corrected chi connectivity index (χ1v) is 10.6. The molecule has 2 atom stereocenters. The number of rotatable bonds is 6. The van der Waals surface area contributed by atoms with Gasteiger partial charge in [0.2, 0.25) is 5.91 Å². The molecular weight excluding hydrogens is 411 g/mol. The van der Waals surface area contributed by atoms with Gasteiger partial charge in [-0.25, -0.2) is 4.68 Å². The van der Waals surface area contributed by atoms with Crippen LogP contribution in [0.5, 0.6) is 0 Å². The van der Waals surface area contributed by atoms with Crippen molar-refractivity contribution >= 4 is 29.1 Å². The van der Waals surface area contributed by atoms with Crippen LogP contribution in [-0.2, 0) is 16.0 Å². The molecule has 1 fully saturated rings. The van der Waals surface area contributed by atoms with Crippen molar-refractivity contribution in [3.05, 3.63) is 45.2 Å². The normalized spacial score (nSPS) is 20.1. The van der Waals surface area contributed by atoms with Crippen molar-refractivity contribution in [1.29, 1.82) is 0 Å². The van der Waals surface area contributed by atoms with E-state index in [2.05, 4.69) is 29.2 Å². The topological polar surface area (TPSA) is 59.4 Å². The number of nitrogens with zero attached hydrogens (tertiary/aromatic N) is 3. The highest BCUT2D eigenvalue weighted by Gasteiger charge is 2.22. The molecule has 1 aliphatic heterocycles. The monoisotopic (exact) mass is 438 g/mol. The van der Waals surface area contributed by atoms with Crippen LogP contribution in [0.2, 0.25) is 10.0 Å². The van der Waals surface area contributed by atoms with E-state index in [1.807, 2.05) is 19.9 Å². The van der Waals surface area contributed by atoms with E-state index in [4.69, 9.17) is 27.9 Å². The van der Waals surface area contributed by atoms with Crippen LogP contribution in [0.1, 0.15) is 30.8 Å². The van der Waals surface area contributed by atoms with Crippen LogP contribution in [0.4, 0.5) is 0 Å². The molecule has 1 aliphatic rings. The summed E-state index contributed by atoms with van der Waals surface area (Å²) >= 11 is 12.3. The van der Waals surface area contributed by atoms with Crippen LogP contribution in [0, 0.1) is 13.8 Å². The molecule has 3 rings (SSSR count). The summed E-state index contributed by atoms with van der Waals surface area (Å²) in [6.45, 7) is 11.3. The van der Waals surface area contributed by atoms with E-state index in [0.29, 0.717) is 23.0 Å². The molecule has 2 heterocycles. The van der Waals surface area contributed by atoms with Gasteiger partial charge in [0.1, 0.15) is 0 Å². The highest BCUT2D eigenvalue weighted by molar-refractivity contribution is 6.35. The van der Waals surface area contributed by atoms with E-state index in [1.54, 1.807) is 16.8 Å². The second kappa shape index (κ2) is 9.47. The molecule has 1 aromatic carbocycles. The van der Waals surface area contributed by atoms with E-state index in [-0.39, 0.29) is 18.1 Å². The molecule has 1 aromatic heterocycles. The predicted octanol–water partition coefficient (Wildman–Crippen LogP) is 3.56. The van der Waals surface area contributed by atoms with Gasteiger partial charge in [0.05, 0.1) is 35.0 Å². The average Bonchev–Trinajstić information content (AvgIpc) is 2.89. The Morgan fingerprint density at radius 1 is 1.24 bits per heavy atom. The van der Waals surface area contributed by atoms with Crippen molar-refractivity contribution in [2.24, 2.45) is 0 Å². The fraction of sp³-hybridized carbons (Fsp3) is 0.524. The predicted molar refractivity (Wildman–Crippen MR) is 116 cm³/mol. The minimum absolute atomic E-state index is 0.00712. The lowest BCUT2D eigenvalue weighted by Crippen LogP contribution is -2.48. The van der Waals surface area contributed by atoms with Gasteiger partial charge in [-0.05, 0) is 45.9 Å². The zero-order valence-electron chi connectivity index (χ0n) is 17.3. The molecule has 8 heteroatoms. The number of hydrogen-bond acceptors (Lipinski definition) is 4. The van der Waals surface area contributed by atoms with Crippen LogP contribution in [0.25, 0.3) is 5.69 Å². The highest BCUT2D eigenvalue weighted by Crippen LogP contribution is 2.27. The van der Waals surface area contributed by atoms with Gasteiger partial charge < -0.3 is 10.1 Å². The lowest BCUT2D eigenvalue weighted by atomic mass is 10.1. The van der Waals surface area contributed by atoms with Crippen molar-refractivity contribution in [2.75, 3.05) is 26.2 Å². The number of aromatic nitrogens is 2. The average molecular weight is 439 g/mol. The molecule has 0 spiro atoms. The maximum absolute atomic E-state index is 12.5. The van der Waals surface area contributed by atoms with E-state index < -0.39 is 0 Å². The molecule has 1 N–H and O–H groups in total. The number of aryl methyl sites for hydroxylation is 1. The van der Waals surface area contributed by atoms with Gasteiger partial charge in [0.15, 0.2) is 0 Å². The molecule has 0 aliphatic carbocycles. The first-order chi connectivity index (χ1) is 13.7. The summed E-state index contributed by atoms with van der Waals surface area (Å²) in [5, 5.41) is 8.70. The van der Waals surface area contributed by atoms with Gasteiger partial charge in [-0.15, -0.1) is 0 Å². The van der Waals surface area contributed by atoms with Crippen molar-refractivity contribution in [3.8, 4) is 5.69 Å². The Hall–Kier alpha value is -1.60. The van der Waals surface area contributed by atoms with Gasteiger partial charge in [-0.2, -0.15) is 5.10 Å². The van der Waals surface area contributed by atoms with Gasteiger partial charge in [0, 0.05) is 42.5 Å². The fourth-order valence-electron chi connectivity index (χ4n) is 3.86. The molecule has 1 amide bonds. The van der Waals surface area contributed by atoms with E-state index in [1.165, 1.54) is 0 Å². The third kappa shape index (κ3) is 5.51. The SMILES string of the molecule is Cc1nn(-c2ccc(Cl)cc2Cl)c(C)c1CC(=O)NCCN1C[C@@H](C)O[C@@H](C)C1. The third-order valence-corrected chi connectivity index (χ3v) is 5.70. The van der Waals surface area contributed by atoms with Crippen LogP contribution in [0.3, 0.4) is 0 Å². The first kappa shape index (κ1) is 22.1. The Morgan fingerprint density at radius 2 is 1.93 bits per heavy atom. The quantitative estimate of drug-likeness (QED) is 0.748. The van der Waals surface area contributed by atoms with Crippen LogP contribution < -0.4 is 5.32 Å². The number of morpholine rings is 1. The van der Waals surface area contributed by atoms with E-state index in [0.717, 1.165) is 42.3 Å². The Bertz CT molecular complexity index is 874. The van der Waals surface area contributed by atoms with Gasteiger partial charge in [-0.1, -0.05) is 23.2 Å². The molecule has 29 heavy (non-hydrogen) atoms. The molecule has 6 nitrogen and oxygen atoms in total. The van der Waals surface area contributed by atoms with Crippen molar-refractivity contribution < 1.29 is 9.53 Å². The first-order valence-electron chi connectivity index (χ1n) is 9.89. The maximum atomic E-state index is 12.5. The third-order valence-electron chi connectivity index (χ3n) is 5.16.